The van der Waals surface area contributed by atoms with Crippen LogP contribution in [-0.2, 0) is 0 Å². The number of nitrogens with zero attached hydrogens (tertiary/aromatic N) is 3. The highest BCUT2D eigenvalue weighted by atomic mass is 32.1. The Morgan fingerprint density at radius 1 is 0.912 bits per heavy atom. The average Bonchev–Trinajstić information content (AvgIpc) is 3.48. The van der Waals surface area contributed by atoms with Crippen LogP contribution in [0.1, 0.15) is 29.0 Å². The molecule has 0 aliphatic carbocycles. The number of nitrogens with one attached hydrogen (secondary N) is 1. The van der Waals surface area contributed by atoms with Gasteiger partial charge in [0, 0.05) is 29.8 Å². The molecule has 2 aromatic carbocycles. The largest absolute Gasteiger partial charge is 0.497 e. The Labute approximate surface area is 204 Å². The molecular formula is C27H26N4O2S. The SMILES string of the molecule is COc1ccc(OC)c(N2C(=S)N[C@H](c3ccccn3)[C@@H]2c2cccn2-c2ccccc2C)c1. The van der Waals surface area contributed by atoms with Crippen LogP contribution in [0.5, 0.6) is 11.5 Å². The predicted octanol–water partition coefficient (Wildman–Crippen LogP) is 5.38. The number of hydrogen-bond acceptors (Lipinski definition) is 4. The van der Waals surface area contributed by atoms with E-state index in [2.05, 4.69) is 69.3 Å². The highest BCUT2D eigenvalue weighted by Crippen LogP contribution is 2.46. The summed E-state index contributed by atoms with van der Waals surface area (Å²) >= 11 is 5.90. The van der Waals surface area contributed by atoms with Crippen molar-refractivity contribution in [1.82, 2.24) is 14.9 Å². The van der Waals surface area contributed by atoms with Gasteiger partial charge >= 0.3 is 0 Å². The summed E-state index contributed by atoms with van der Waals surface area (Å²) in [7, 11) is 3.32. The number of ether oxygens (including phenoxy) is 2. The summed E-state index contributed by atoms with van der Waals surface area (Å²) in [5, 5.41) is 4.13. The highest BCUT2D eigenvalue weighted by Gasteiger charge is 2.43. The van der Waals surface area contributed by atoms with Crippen molar-refractivity contribution in [2.24, 2.45) is 0 Å². The Bertz CT molecular complexity index is 1320. The molecule has 7 heteroatoms. The second-order valence-corrected chi connectivity index (χ2v) is 8.51. The first kappa shape index (κ1) is 22.0. The number of para-hydroxylation sites is 1. The maximum atomic E-state index is 5.90. The van der Waals surface area contributed by atoms with Gasteiger partial charge in [0.15, 0.2) is 5.11 Å². The van der Waals surface area contributed by atoms with Gasteiger partial charge in [-0.25, -0.2) is 0 Å². The first-order chi connectivity index (χ1) is 16.6. The standard InChI is InChI=1S/C27H26N4O2S/c1-18-9-4-5-11-21(18)30-16-8-12-22(30)26-25(20-10-6-7-15-28-20)29-27(34)31(26)23-17-19(32-2)13-14-24(23)33-3/h4-17,25-26H,1-3H3,(H,29,34)/t25-,26+/m1/s1. The smallest absolute Gasteiger partial charge is 0.174 e. The lowest BCUT2D eigenvalue weighted by Crippen LogP contribution is -2.30. The van der Waals surface area contributed by atoms with Crippen molar-refractivity contribution in [3.8, 4) is 17.2 Å². The minimum absolute atomic E-state index is 0.165. The molecule has 1 fully saturated rings. The van der Waals surface area contributed by atoms with Gasteiger partial charge in [0.2, 0.25) is 0 Å². The Balaban J connectivity index is 1.72. The zero-order valence-electron chi connectivity index (χ0n) is 19.3. The van der Waals surface area contributed by atoms with Crippen molar-refractivity contribution in [2.45, 2.75) is 19.0 Å². The predicted molar refractivity (Wildman–Crippen MR) is 138 cm³/mol. The molecule has 0 saturated carbocycles. The number of anilines is 1. The first-order valence-electron chi connectivity index (χ1n) is 11.1. The summed E-state index contributed by atoms with van der Waals surface area (Å²) < 4.78 is 13.5. The van der Waals surface area contributed by atoms with E-state index in [1.807, 2.05) is 42.6 Å². The van der Waals surface area contributed by atoms with Crippen molar-refractivity contribution in [1.29, 1.82) is 0 Å². The lowest BCUT2D eigenvalue weighted by atomic mass is 10.00. The zero-order valence-corrected chi connectivity index (χ0v) is 20.1. The molecule has 1 aliphatic rings. The molecule has 0 bridgehead atoms. The van der Waals surface area contributed by atoms with Crippen molar-refractivity contribution in [3.05, 3.63) is 102 Å². The van der Waals surface area contributed by atoms with Crippen LogP contribution >= 0.6 is 12.2 Å². The third-order valence-electron chi connectivity index (χ3n) is 6.20. The van der Waals surface area contributed by atoms with Crippen LogP contribution in [-0.4, -0.2) is 28.9 Å². The van der Waals surface area contributed by atoms with Crippen molar-refractivity contribution < 1.29 is 9.47 Å². The number of benzene rings is 2. The highest BCUT2D eigenvalue weighted by molar-refractivity contribution is 7.80. The van der Waals surface area contributed by atoms with E-state index in [1.165, 1.54) is 5.56 Å². The number of thiocarbonyl (C=S) groups is 1. The summed E-state index contributed by atoms with van der Waals surface area (Å²) in [5.41, 5.74) is 5.14. The van der Waals surface area contributed by atoms with Gasteiger partial charge in [0.25, 0.3) is 0 Å². The Kier molecular flexibility index (Phi) is 5.94. The number of hydrogen-bond donors (Lipinski definition) is 1. The molecule has 4 aromatic rings. The summed E-state index contributed by atoms with van der Waals surface area (Å²) in [6.45, 7) is 2.12. The molecule has 0 unspecified atom stereocenters. The third kappa shape index (κ3) is 3.78. The average molecular weight is 471 g/mol. The molecule has 172 valence electrons. The van der Waals surface area contributed by atoms with E-state index in [9.17, 15) is 0 Å². The molecule has 3 heterocycles. The summed E-state index contributed by atoms with van der Waals surface area (Å²) in [6, 6.07) is 23.9. The number of rotatable bonds is 6. The Morgan fingerprint density at radius 3 is 2.47 bits per heavy atom. The molecule has 0 amide bonds. The van der Waals surface area contributed by atoms with Gasteiger partial charge in [-0.3, -0.25) is 4.98 Å². The van der Waals surface area contributed by atoms with Gasteiger partial charge in [-0.1, -0.05) is 24.3 Å². The second kappa shape index (κ2) is 9.19. The molecule has 6 nitrogen and oxygen atoms in total. The van der Waals surface area contributed by atoms with Gasteiger partial charge in [0.05, 0.1) is 31.6 Å². The quantitative estimate of drug-likeness (QED) is 0.382. The maximum Gasteiger partial charge on any atom is 0.174 e. The number of aryl methyl sites for hydroxylation is 1. The monoisotopic (exact) mass is 470 g/mol. The number of aromatic nitrogens is 2. The molecule has 2 aromatic heterocycles. The molecule has 1 saturated heterocycles. The fraction of sp³-hybridized carbons (Fsp3) is 0.185. The summed E-state index contributed by atoms with van der Waals surface area (Å²) in [5.74, 6) is 1.44. The topological polar surface area (TPSA) is 51.6 Å². The van der Waals surface area contributed by atoms with Gasteiger partial charge in [-0.2, -0.15) is 0 Å². The van der Waals surface area contributed by atoms with Crippen LogP contribution in [0, 0.1) is 6.92 Å². The Morgan fingerprint density at radius 2 is 1.74 bits per heavy atom. The van der Waals surface area contributed by atoms with Crippen molar-refractivity contribution in [3.63, 3.8) is 0 Å². The van der Waals surface area contributed by atoms with Gasteiger partial charge in [0.1, 0.15) is 17.5 Å². The van der Waals surface area contributed by atoms with E-state index in [0.29, 0.717) is 10.9 Å². The molecule has 2 atom stereocenters. The minimum Gasteiger partial charge on any atom is -0.497 e. The van der Waals surface area contributed by atoms with Crippen LogP contribution in [0.25, 0.3) is 5.69 Å². The van der Waals surface area contributed by atoms with E-state index in [4.69, 9.17) is 21.7 Å². The molecule has 0 radical (unpaired) electrons. The Hall–Kier alpha value is -3.84. The van der Waals surface area contributed by atoms with E-state index >= 15 is 0 Å². The van der Waals surface area contributed by atoms with Crippen molar-refractivity contribution >= 4 is 23.0 Å². The van der Waals surface area contributed by atoms with Crippen LogP contribution < -0.4 is 19.7 Å². The molecule has 1 aliphatic heterocycles. The molecule has 5 rings (SSSR count). The van der Waals surface area contributed by atoms with Crippen LogP contribution in [0.3, 0.4) is 0 Å². The first-order valence-corrected chi connectivity index (χ1v) is 11.5. The normalized spacial score (nSPS) is 17.5. The summed E-state index contributed by atoms with van der Waals surface area (Å²) in [4.78, 5) is 6.78. The van der Waals surface area contributed by atoms with Crippen LogP contribution in [0.15, 0.2) is 85.2 Å². The third-order valence-corrected chi connectivity index (χ3v) is 6.52. The number of methoxy groups -OCH3 is 2. The van der Waals surface area contributed by atoms with Crippen LogP contribution in [0.4, 0.5) is 5.69 Å². The molecule has 1 N–H and O–H groups in total. The lowest BCUT2D eigenvalue weighted by Gasteiger charge is -2.30. The molecular weight excluding hydrogens is 444 g/mol. The van der Waals surface area contributed by atoms with Crippen molar-refractivity contribution in [2.75, 3.05) is 19.1 Å². The fourth-order valence-corrected chi connectivity index (χ4v) is 4.93. The second-order valence-electron chi connectivity index (χ2n) is 8.12. The van der Waals surface area contributed by atoms with E-state index in [1.54, 1.807) is 14.2 Å². The lowest BCUT2D eigenvalue weighted by molar-refractivity contribution is 0.402. The number of pyridine rings is 1. The van der Waals surface area contributed by atoms with Gasteiger partial charge in [-0.15, -0.1) is 0 Å². The van der Waals surface area contributed by atoms with Gasteiger partial charge < -0.3 is 24.3 Å². The van der Waals surface area contributed by atoms with Crippen LogP contribution in [0.2, 0.25) is 0 Å². The summed E-state index contributed by atoms with van der Waals surface area (Å²) in [6.07, 6.45) is 3.90. The molecule has 34 heavy (non-hydrogen) atoms. The van der Waals surface area contributed by atoms with E-state index in [0.717, 1.165) is 28.5 Å². The minimum atomic E-state index is -0.182. The molecule has 0 spiro atoms. The van der Waals surface area contributed by atoms with E-state index < -0.39 is 0 Å². The van der Waals surface area contributed by atoms with Gasteiger partial charge in [-0.05, 0) is 67.2 Å². The maximum absolute atomic E-state index is 5.90. The van der Waals surface area contributed by atoms with E-state index in [-0.39, 0.29) is 12.1 Å². The zero-order chi connectivity index (χ0) is 23.7. The fourth-order valence-electron chi connectivity index (χ4n) is 4.59.